The van der Waals surface area contributed by atoms with Crippen molar-refractivity contribution < 1.29 is 92.6 Å². The van der Waals surface area contributed by atoms with Crippen LogP contribution in [-0.4, -0.2) is 88.1 Å². The molecule has 2 fully saturated rings. The van der Waals surface area contributed by atoms with Crippen LogP contribution in [0.2, 0.25) is 15.1 Å². The number of carboxylic acids is 1. The molecule has 0 bridgehead atoms. The average molecular weight is 1320 g/mol. The van der Waals surface area contributed by atoms with Crippen LogP contribution in [0.3, 0.4) is 0 Å². The highest BCUT2D eigenvalue weighted by Crippen LogP contribution is 2.36. The van der Waals surface area contributed by atoms with Gasteiger partial charge in [0.2, 0.25) is 12.2 Å². The number of hydrogen-bond acceptors (Lipinski definition) is 10. The maximum atomic E-state index is 13.0. The molecule has 0 aliphatic carbocycles. The van der Waals surface area contributed by atoms with Crippen molar-refractivity contribution in [2.24, 2.45) is 0 Å². The first-order chi connectivity index (χ1) is 39.9. The standard InChI is InChI=1S/C22H21ClF3NO4.C15H17BrClNO3.C15H10ClF3O3.C7H5F3O/c1-14(20(28)27-11-2-3-12-27)30-21(29)19(15-7-9-17(23)10-8-15)31-18-6-4-5-16(13-18)22(24,25)26;1-10(14(19)18-8-2-3-9-18)21-15(20)13(16)11-4-6-12(17)7-5-11;16-11-6-4-9(5-7-11)13(14(20)21)22-12-3-1-2-10(8-12)15(17,18)19;8-7(9,10)5-2-1-3-6(11)4-5/h4-10,13-14,19H,2-3,11-12H2,1H3;4-7,10,13H,2-3,8-9H2,1H3;1-8,13H,(H,20,21);1-4,11H/t14-,19+;10-,13?;13-;/m001./s1. The number of benzene rings is 6. The minimum atomic E-state index is -4.56. The fraction of sp³-hybridized carbons (Fsp3) is 0.305. The Hall–Kier alpha value is -7.21. The van der Waals surface area contributed by atoms with Crippen molar-refractivity contribution in [3.05, 3.63) is 194 Å². The molecule has 0 radical (unpaired) electrons. The van der Waals surface area contributed by atoms with Crippen LogP contribution < -0.4 is 9.47 Å². The van der Waals surface area contributed by atoms with Crippen LogP contribution in [0.15, 0.2) is 146 Å². The van der Waals surface area contributed by atoms with E-state index in [4.69, 9.17) is 58.9 Å². The number of carboxylic acid groups (broad SMARTS) is 1. The first kappa shape index (κ1) is 68.6. The van der Waals surface area contributed by atoms with Crippen molar-refractivity contribution in [3.8, 4) is 17.2 Å². The van der Waals surface area contributed by atoms with E-state index < -0.39 is 82.4 Å². The lowest BCUT2D eigenvalue weighted by molar-refractivity contribution is -0.164. The van der Waals surface area contributed by atoms with E-state index in [2.05, 4.69) is 15.9 Å². The number of alkyl halides is 10. The number of hydrogen-bond donors (Lipinski definition) is 2. The molecule has 6 aromatic carbocycles. The van der Waals surface area contributed by atoms with Crippen LogP contribution in [0.1, 0.15) is 89.9 Å². The minimum Gasteiger partial charge on any atom is -0.508 e. The van der Waals surface area contributed by atoms with Crippen molar-refractivity contribution in [1.82, 2.24) is 9.80 Å². The molecule has 2 saturated heterocycles. The van der Waals surface area contributed by atoms with Gasteiger partial charge in [0.05, 0.1) is 16.7 Å². The summed E-state index contributed by atoms with van der Waals surface area (Å²) in [6.45, 7) is 5.76. The van der Waals surface area contributed by atoms with Crippen molar-refractivity contribution in [2.75, 3.05) is 26.2 Å². The van der Waals surface area contributed by atoms with E-state index in [1.165, 1.54) is 79.7 Å². The molecule has 1 unspecified atom stereocenters. The number of phenols is 1. The molecule has 5 atom stereocenters. The zero-order chi connectivity index (χ0) is 62.8. The fourth-order valence-corrected chi connectivity index (χ4v) is 8.75. The molecule has 0 aromatic heterocycles. The summed E-state index contributed by atoms with van der Waals surface area (Å²) in [5.41, 5.74) is -1.32. The third-order valence-electron chi connectivity index (χ3n) is 12.3. The number of phenolic OH excluding ortho intramolecular Hbond substituents is 1. The zero-order valence-electron chi connectivity index (χ0n) is 44.8. The van der Waals surface area contributed by atoms with Crippen LogP contribution in [0, 0.1) is 0 Å². The highest BCUT2D eigenvalue weighted by molar-refractivity contribution is 9.09. The Morgan fingerprint density at radius 1 is 0.482 bits per heavy atom. The molecule has 0 saturated carbocycles. The monoisotopic (exact) mass is 1320 g/mol. The Labute approximate surface area is 505 Å². The number of carbonyl (C=O) groups excluding carboxylic acids is 4. The van der Waals surface area contributed by atoms with Gasteiger partial charge in [-0.15, -0.1) is 0 Å². The van der Waals surface area contributed by atoms with Crippen LogP contribution in [0.5, 0.6) is 17.2 Å². The zero-order valence-corrected chi connectivity index (χ0v) is 48.6. The summed E-state index contributed by atoms with van der Waals surface area (Å²) in [4.78, 5) is 63.6. The Kier molecular flexibility index (Phi) is 25.2. The fourth-order valence-electron chi connectivity index (χ4n) is 7.96. The molecule has 26 heteroatoms. The van der Waals surface area contributed by atoms with Gasteiger partial charge in [-0.1, -0.05) is 105 Å². The number of amides is 2. The summed E-state index contributed by atoms with van der Waals surface area (Å²) in [7, 11) is 0. The van der Waals surface area contributed by atoms with Gasteiger partial charge in [-0.2, -0.15) is 39.5 Å². The molecular weight excluding hydrogens is 1270 g/mol. The quantitative estimate of drug-likeness (QED) is 0.0605. The molecule has 2 amide bonds. The van der Waals surface area contributed by atoms with Crippen LogP contribution in [0.4, 0.5) is 39.5 Å². The number of aliphatic carboxylic acids is 1. The summed E-state index contributed by atoms with van der Waals surface area (Å²) in [6.07, 6.45) is -14.3. The molecule has 2 heterocycles. The maximum absolute atomic E-state index is 13.0. The Morgan fingerprint density at radius 3 is 1.16 bits per heavy atom. The number of likely N-dealkylation sites (tertiary alicyclic amines) is 2. The molecule has 8 rings (SSSR count). The largest absolute Gasteiger partial charge is 0.508 e. The van der Waals surface area contributed by atoms with Gasteiger partial charge in [-0.05, 0) is 136 Å². The summed E-state index contributed by atoms with van der Waals surface area (Å²) in [5.74, 6) is -3.85. The smallest absolute Gasteiger partial charge is 0.416 e. The second kappa shape index (κ2) is 31.3. The van der Waals surface area contributed by atoms with Gasteiger partial charge < -0.3 is 39.0 Å². The predicted molar refractivity (Wildman–Crippen MR) is 299 cm³/mol. The van der Waals surface area contributed by atoms with E-state index >= 15 is 0 Å². The SMILES string of the molecule is C[C@H](OC(=O)C(Br)c1ccc(Cl)cc1)C(=O)N1CCCC1.C[C@H](OC(=O)[C@H](Oc1cccc(C(F)(F)F)c1)c1ccc(Cl)cc1)C(=O)N1CCCC1.O=C(O)[C@H](Oc1cccc(C(F)(F)F)c1)c1ccc(Cl)cc1.Oc1cccc(C(F)(F)F)c1. The summed E-state index contributed by atoms with van der Waals surface area (Å²) in [6, 6.07) is 31.0. The predicted octanol–water partition coefficient (Wildman–Crippen LogP) is 15.3. The van der Waals surface area contributed by atoms with E-state index in [0.29, 0.717) is 39.8 Å². The normalized spacial score (nSPS) is 14.9. The van der Waals surface area contributed by atoms with E-state index in [-0.39, 0.29) is 34.6 Å². The van der Waals surface area contributed by atoms with Gasteiger partial charge in [0, 0.05) is 52.4 Å². The number of aromatic hydroxyl groups is 1. The second-order valence-corrected chi connectivity index (χ2v) is 20.9. The Balaban J connectivity index is 0.000000218. The van der Waals surface area contributed by atoms with Crippen LogP contribution in [0.25, 0.3) is 0 Å². The van der Waals surface area contributed by atoms with Gasteiger partial charge in [-0.3, -0.25) is 14.4 Å². The Bertz CT molecular complexity index is 3180. The highest BCUT2D eigenvalue weighted by Gasteiger charge is 2.36. The molecule has 0 spiro atoms. The topological polar surface area (TPSA) is 169 Å². The lowest BCUT2D eigenvalue weighted by atomic mass is 10.1. The molecule has 456 valence electrons. The van der Waals surface area contributed by atoms with Gasteiger partial charge >= 0.3 is 36.4 Å². The lowest BCUT2D eigenvalue weighted by Crippen LogP contribution is -2.39. The molecule has 85 heavy (non-hydrogen) atoms. The first-order valence-corrected chi connectivity index (χ1v) is 27.6. The third kappa shape index (κ3) is 21.7. The molecular formula is C59H53BrCl3F9N2O11. The van der Waals surface area contributed by atoms with E-state index in [9.17, 15) is 68.6 Å². The minimum absolute atomic E-state index is 0.128. The van der Waals surface area contributed by atoms with E-state index in [1.54, 1.807) is 41.0 Å². The van der Waals surface area contributed by atoms with Crippen molar-refractivity contribution in [3.63, 3.8) is 0 Å². The van der Waals surface area contributed by atoms with Crippen LogP contribution in [-0.2, 0) is 52.0 Å². The Morgan fingerprint density at radius 2 is 0.812 bits per heavy atom. The number of carbonyl (C=O) groups is 5. The van der Waals surface area contributed by atoms with Gasteiger partial charge in [0.1, 0.15) is 22.1 Å². The number of nitrogens with zero attached hydrogens (tertiary/aromatic N) is 2. The van der Waals surface area contributed by atoms with E-state index in [0.717, 1.165) is 86.8 Å². The number of ether oxygens (including phenoxy) is 4. The number of halogens is 13. The number of rotatable bonds is 14. The van der Waals surface area contributed by atoms with Gasteiger partial charge in [0.25, 0.3) is 11.8 Å². The molecule has 13 nitrogen and oxygen atoms in total. The van der Waals surface area contributed by atoms with Crippen molar-refractivity contribution >= 4 is 80.5 Å². The second-order valence-electron chi connectivity index (χ2n) is 18.7. The highest BCUT2D eigenvalue weighted by atomic mass is 79.9. The number of esters is 2. The van der Waals surface area contributed by atoms with Crippen molar-refractivity contribution in [1.29, 1.82) is 0 Å². The van der Waals surface area contributed by atoms with Gasteiger partial charge in [-0.25, -0.2) is 9.59 Å². The molecule has 2 aliphatic rings. The average Bonchev–Trinajstić information content (AvgIpc) is 4.32. The molecule has 2 N–H and O–H groups in total. The summed E-state index contributed by atoms with van der Waals surface area (Å²) in [5, 5.41) is 19.3. The third-order valence-corrected chi connectivity index (χ3v) is 13.9. The lowest BCUT2D eigenvalue weighted by Gasteiger charge is -2.24. The molecule has 2 aliphatic heterocycles. The van der Waals surface area contributed by atoms with E-state index in [1.807, 2.05) is 0 Å². The summed E-state index contributed by atoms with van der Waals surface area (Å²) < 4.78 is 134. The first-order valence-electron chi connectivity index (χ1n) is 25.6. The van der Waals surface area contributed by atoms with Crippen molar-refractivity contribution in [2.45, 2.75) is 87.3 Å². The molecule has 6 aromatic rings. The maximum Gasteiger partial charge on any atom is 0.416 e. The van der Waals surface area contributed by atoms with Crippen LogP contribution >= 0.6 is 50.7 Å². The summed E-state index contributed by atoms with van der Waals surface area (Å²) >= 11 is 20.7. The van der Waals surface area contributed by atoms with Gasteiger partial charge in [0.15, 0.2) is 12.2 Å².